The van der Waals surface area contributed by atoms with Gasteiger partial charge in [-0.1, -0.05) is 0 Å². The molecule has 7 heteroatoms. The lowest BCUT2D eigenvalue weighted by Gasteiger charge is -2.05. The summed E-state index contributed by atoms with van der Waals surface area (Å²) >= 11 is 0. The molecule has 1 N–H and O–H groups in total. The van der Waals surface area contributed by atoms with E-state index in [-0.39, 0.29) is 29.6 Å². The molecule has 0 aliphatic carbocycles. The molecule has 7 nitrogen and oxygen atoms in total. The van der Waals surface area contributed by atoms with Crippen molar-refractivity contribution in [2.45, 2.75) is 19.8 Å². The van der Waals surface area contributed by atoms with Crippen LogP contribution in [-0.4, -0.2) is 34.8 Å². The minimum Gasteiger partial charge on any atom is -0.466 e. The van der Waals surface area contributed by atoms with Crippen molar-refractivity contribution in [1.29, 1.82) is 0 Å². The Hall–Kier alpha value is -2.18. The van der Waals surface area contributed by atoms with E-state index in [1.54, 1.807) is 6.92 Å². The fourth-order valence-electron chi connectivity index (χ4n) is 1.38. The van der Waals surface area contributed by atoms with Crippen LogP contribution in [0.2, 0.25) is 0 Å². The average Bonchev–Trinajstić information content (AvgIpc) is 2.38. The molecular weight excluding hydrogens is 250 g/mol. The summed E-state index contributed by atoms with van der Waals surface area (Å²) in [5.41, 5.74) is -0.114. The number of hydrogen-bond acceptors (Lipinski definition) is 5. The van der Waals surface area contributed by atoms with Crippen molar-refractivity contribution >= 4 is 11.9 Å². The summed E-state index contributed by atoms with van der Waals surface area (Å²) in [5.74, 6) is -0.656. The van der Waals surface area contributed by atoms with E-state index in [0.717, 1.165) is 4.68 Å². The number of rotatable bonds is 6. The summed E-state index contributed by atoms with van der Waals surface area (Å²) in [5, 5.41) is 6.43. The first-order valence-electron chi connectivity index (χ1n) is 6.02. The summed E-state index contributed by atoms with van der Waals surface area (Å²) in [6.45, 7) is 2.44. The summed E-state index contributed by atoms with van der Waals surface area (Å²) in [6.07, 6.45) is 0.755. The normalized spacial score (nSPS) is 10.0. The van der Waals surface area contributed by atoms with Gasteiger partial charge in [-0.3, -0.25) is 14.4 Å². The summed E-state index contributed by atoms with van der Waals surface area (Å²) in [6, 6.07) is 2.64. The maximum absolute atomic E-state index is 11.7. The fraction of sp³-hybridized carbons (Fsp3) is 0.500. The van der Waals surface area contributed by atoms with Crippen molar-refractivity contribution in [2.75, 3.05) is 13.2 Å². The Kier molecular flexibility index (Phi) is 5.72. The Morgan fingerprint density at radius 3 is 2.79 bits per heavy atom. The molecule has 0 fully saturated rings. The van der Waals surface area contributed by atoms with Gasteiger partial charge in [-0.25, -0.2) is 4.68 Å². The predicted octanol–water partition coefficient (Wildman–Crippen LogP) is -0.147. The van der Waals surface area contributed by atoms with E-state index in [0.29, 0.717) is 19.6 Å². The highest BCUT2D eigenvalue weighted by molar-refractivity contribution is 5.91. The van der Waals surface area contributed by atoms with Crippen molar-refractivity contribution in [3.63, 3.8) is 0 Å². The van der Waals surface area contributed by atoms with Gasteiger partial charge < -0.3 is 10.1 Å². The van der Waals surface area contributed by atoms with Crippen LogP contribution in [0.4, 0.5) is 0 Å². The van der Waals surface area contributed by atoms with Crippen LogP contribution in [-0.2, 0) is 16.6 Å². The third-order valence-electron chi connectivity index (χ3n) is 2.34. The third-order valence-corrected chi connectivity index (χ3v) is 2.34. The predicted molar refractivity (Wildman–Crippen MR) is 67.7 cm³/mol. The van der Waals surface area contributed by atoms with Crippen LogP contribution in [0.15, 0.2) is 16.9 Å². The van der Waals surface area contributed by atoms with Crippen LogP contribution in [0.5, 0.6) is 0 Å². The molecule has 0 aliphatic rings. The van der Waals surface area contributed by atoms with Crippen LogP contribution in [0.3, 0.4) is 0 Å². The van der Waals surface area contributed by atoms with Gasteiger partial charge in [0.15, 0.2) is 0 Å². The van der Waals surface area contributed by atoms with Gasteiger partial charge in [0.05, 0.1) is 6.61 Å². The lowest BCUT2D eigenvalue weighted by molar-refractivity contribution is -0.143. The van der Waals surface area contributed by atoms with Crippen molar-refractivity contribution in [3.8, 4) is 0 Å². The molecule has 104 valence electrons. The first-order valence-corrected chi connectivity index (χ1v) is 6.02. The van der Waals surface area contributed by atoms with E-state index in [9.17, 15) is 14.4 Å². The van der Waals surface area contributed by atoms with Gasteiger partial charge >= 0.3 is 5.97 Å². The lowest BCUT2D eigenvalue weighted by atomic mass is 10.3. The Morgan fingerprint density at radius 1 is 1.42 bits per heavy atom. The number of aryl methyl sites for hydroxylation is 1. The zero-order valence-corrected chi connectivity index (χ0v) is 11.0. The Morgan fingerprint density at radius 2 is 2.16 bits per heavy atom. The highest BCUT2D eigenvalue weighted by atomic mass is 16.5. The number of carbonyl (C=O) groups excluding carboxylic acids is 2. The van der Waals surface area contributed by atoms with E-state index in [1.807, 2.05) is 0 Å². The molecule has 0 unspecified atom stereocenters. The smallest absolute Gasteiger partial charge is 0.305 e. The van der Waals surface area contributed by atoms with Crippen LogP contribution >= 0.6 is 0 Å². The van der Waals surface area contributed by atoms with E-state index in [2.05, 4.69) is 10.4 Å². The zero-order valence-electron chi connectivity index (χ0n) is 11.0. The van der Waals surface area contributed by atoms with Crippen molar-refractivity contribution in [3.05, 3.63) is 28.2 Å². The highest BCUT2D eigenvalue weighted by Gasteiger charge is 2.08. The number of hydrogen-bond donors (Lipinski definition) is 1. The minimum absolute atomic E-state index is 0.165. The zero-order chi connectivity index (χ0) is 14.3. The number of aromatic nitrogens is 2. The SMILES string of the molecule is CCOC(=O)CCCNC(=O)c1ccc(=O)n(C)n1. The quantitative estimate of drug-likeness (QED) is 0.572. The summed E-state index contributed by atoms with van der Waals surface area (Å²) < 4.78 is 5.85. The highest BCUT2D eigenvalue weighted by Crippen LogP contribution is 1.93. The molecule has 0 saturated heterocycles. The van der Waals surface area contributed by atoms with Crippen molar-refractivity contribution in [2.24, 2.45) is 7.05 Å². The molecule has 0 radical (unpaired) electrons. The molecular formula is C12H17N3O4. The van der Waals surface area contributed by atoms with Crippen LogP contribution in [0.1, 0.15) is 30.3 Å². The van der Waals surface area contributed by atoms with Gasteiger partial charge in [0.25, 0.3) is 11.5 Å². The number of nitrogens with one attached hydrogen (secondary N) is 1. The summed E-state index contributed by atoms with van der Waals surface area (Å²) in [4.78, 5) is 33.8. The van der Waals surface area contributed by atoms with Gasteiger partial charge in [0, 0.05) is 26.1 Å². The average molecular weight is 267 g/mol. The molecule has 1 rings (SSSR count). The van der Waals surface area contributed by atoms with Crippen molar-refractivity contribution in [1.82, 2.24) is 15.1 Å². The van der Waals surface area contributed by atoms with E-state index in [4.69, 9.17) is 4.74 Å². The lowest BCUT2D eigenvalue weighted by Crippen LogP contribution is -2.29. The van der Waals surface area contributed by atoms with Crippen LogP contribution in [0, 0.1) is 0 Å². The molecule has 1 aromatic heterocycles. The maximum Gasteiger partial charge on any atom is 0.305 e. The van der Waals surface area contributed by atoms with Gasteiger partial charge in [-0.05, 0) is 19.4 Å². The molecule has 1 amide bonds. The second-order valence-corrected chi connectivity index (χ2v) is 3.84. The van der Waals surface area contributed by atoms with Gasteiger partial charge in [-0.2, -0.15) is 5.10 Å². The molecule has 0 aromatic carbocycles. The van der Waals surface area contributed by atoms with Crippen molar-refractivity contribution < 1.29 is 14.3 Å². The second-order valence-electron chi connectivity index (χ2n) is 3.84. The first kappa shape index (κ1) is 14.9. The minimum atomic E-state index is -0.376. The molecule has 1 heterocycles. The first-order chi connectivity index (χ1) is 9.04. The third kappa shape index (κ3) is 4.90. The molecule has 0 bridgehead atoms. The van der Waals surface area contributed by atoms with E-state index >= 15 is 0 Å². The Balaban J connectivity index is 2.37. The van der Waals surface area contributed by atoms with Gasteiger partial charge in [0.1, 0.15) is 5.69 Å². The van der Waals surface area contributed by atoms with Crippen LogP contribution in [0.25, 0.3) is 0 Å². The molecule has 0 saturated carbocycles. The second kappa shape index (κ2) is 7.30. The molecule has 0 spiro atoms. The number of amides is 1. The standard InChI is InChI=1S/C12H17N3O4/c1-3-19-11(17)5-4-8-13-12(18)9-6-7-10(16)15(2)14-9/h6-7H,3-5,8H2,1-2H3,(H,13,18). The van der Waals surface area contributed by atoms with E-state index < -0.39 is 0 Å². The van der Waals surface area contributed by atoms with E-state index in [1.165, 1.54) is 19.2 Å². The largest absolute Gasteiger partial charge is 0.466 e. The molecule has 1 aromatic rings. The molecule has 0 aliphatic heterocycles. The monoisotopic (exact) mass is 267 g/mol. The Bertz CT molecular complexity index is 510. The number of esters is 1. The number of ether oxygens (including phenoxy) is 1. The Labute approximate surface area is 110 Å². The van der Waals surface area contributed by atoms with Gasteiger partial charge in [-0.15, -0.1) is 0 Å². The van der Waals surface area contributed by atoms with Gasteiger partial charge in [0.2, 0.25) is 0 Å². The number of nitrogens with zero attached hydrogens (tertiary/aromatic N) is 2. The fourth-order valence-corrected chi connectivity index (χ4v) is 1.38. The molecule has 0 atom stereocenters. The number of carbonyl (C=O) groups is 2. The molecule has 19 heavy (non-hydrogen) atoms. The van der Waals surface area contributed by atoms with Crippen LogP contribution < -0.4 is 10.9 Å². The maximum atomic E-state index is 11.7. The topological polar surface area (TPSA) is 90.3 Å². The summed E-state index contributed by atoms with van der Waals surface area (Å²) in [7, 11) is 1.47.